The molecule has 0 aliphatic carbocycles. The zero-order chi connectivity index (χ0) is 22.8. The van der Waals surface area contributed by atoms with E-state index >= 15 is 0 Å². The number of rotatable bonds is 6. The lowest BCUT2D eigenvalue weighted by atomic mass is 9.97. The zero-order valence-corrected chi connectivity index (χ0v) is 19.8. The number of nitrogens with one attached hydrogen (secondary N) is 1. The summed E-state index contributed by atoms with van der Waals surface area (Å²) in [5.74, 6) is -0.208. The average molecular weight is 445 g/mol. The molecule has 0 saturated carbocycles. The van der Waals surface area contributed by atoms with Gasteiger partial charge in [-0.1, -0.05) is 17.7 Å². The number of aryl methyl sites for hydroxylation is 3. The molecule has 168 valence electrons. The molecule has 1 amide bonds. The molecule has 1 fully saturated rings. The summed E-state index contributed by atoms with van der Waals surface area (Å²) in [5, 5.41) is 2.93. The van der Waals surface area contributed by atoms with Crippen LogP contribution in [0, 0.1) is 20.8 Å². The lowest BCUT2D eigenvalue weighted by Crippen LogP contribution is -2.48. The van der Waals surface area contributed by atoms with Crippen molar-refractivity contribution >= 4 is 15.9 Å². The quantitative estimate of drug-likeness (QED) is 0.741. The molecule has 2 aromatic rings. The van der Waals surface area contributed by atoms with E-state index in [1.165, 1.54) is 38.7 Å². The minimum absolute atomic E-state index is 0.149. The molecule has 1 aliphatic rings. The van der Waals surface area contributed by atoms with Crippen LogP contribution in [0.15, 0.2) is 41.3 Å². The van der Waals surface area contributed by atoms with Gasteiger partial charge in [0, 0.05) is 25.2 Å². The summed E-state index contributed by atoms with van der Waals surface area (Å²) < 4.78 is 33.0. The first kappa shape index (κ1) is 23.4. The van der Waals surface area contributed by atoms with Gasteiger partial charge in [-0.15, -0.1) is 0 Å². The average Bonchev–Trinajstić information content (AvgIpc) is 2.69. The Morgan fingerprint density at radius 2 is 1.58 bits per heavy atom. The highest BCUT2D eigenvalue weighted by atomic mass is 32.2. The minimum atomic E-state index is -3.61. The highest BCUT2D eigenvalue weighted by Crippen LogP contribution is 2.21. The van der Waals surface area contributed by atoms with Gasteiger partial charge in [-0.2, -0.15) is 4.31 Å². The second-order valence-electron chi connectivity index (χ2n) is 8.49. The smallest absolute Gasteiger partial charge is 0.251 e. The van der Waals surface area contributed by atoms with Crippen molar-refractivity contribution in [2.24, 2.45) is 0 Å². The SMILES string of the molecule is Cc1cc(C)c(CCNC(=O)c2ccc(S(=O)(=O)N3CC(C)OC(C)C3)cc2)c(C)c1. The molecule has 3 rings (SSSR count). The van der Waals surface area contributed by atoms with Crippen LogP contribution >= 0.6 is 0 Å². The van der Waals surface area contributed by atoms with Crippen LogP contribution in [0.4, 0.5) is 0 Å². The minimum Gasteiger partial charge on any atom is -0.373 e. The second kappa shape index (κ2) is 9.51. The molecule has 2 atom stereocenters. The van der Waals surface area contributed by atoms with E-state index in [4.69, 9.17) is 4.74 Å². The van der Waals surface area contributed by atoms with Crippen LogP contribution in [0.2, 0.25) is 0 Å². The maximum absolute atomic E-state index is 12.9. The molecule has 0 aromatic heterocycles. The molecule has 1 aliphatic heterocycles. The molecule has 1 N–H and O–H groups in total. The van der Waals surface area contributed by atoms with Crippen molar-refractivity contribution in [2.45, 2.75) is 58.1 Å². The zero-order valence-electron chi connectivity index (χ0n) is 18.9. The number of nitrogens with zero attached hydrogens (tertiary/aromatic N) is 1. The maximum atomic E-state index is 12.9. The van der Waals surface area contributed by atoms with Gasteiger partial charge in [0.1, 0.15) is 0 Å². The van der Waals surface area contributed by atoms with E-state index in [1.54, 1.807) is 12.1 Å². The largest absolute Gasteiger partial charge is 0.373 e. The predicted molar refractivity (Wildman–Crippen MR) is 122 cm³/mol. The number of hydrogen-bond acceptors (Lipinski definition) is 4. The number of hydrogen-bond donors (Lipinski definition) is 1. The van der Waals surface area contributed by atoms with Crippen molar-refractivity contribution in [2.75, 3.05) is 19.6 Å². The Labute approximate surface area is 185 Å². The van der Waals surface area contributed by atoms with Crippen LogP contribution in [-0.2, 0) is 21.2 Å². The molecule has 7 heteroatoms. The van der Waals surface area contributed by atoms with Gasteiger partial charge < -0.3 is 10.1 Å². The summed E-state index contributed by atoms with van der Waals surface area (Å²) in [6.07, 6.45) is 0.456. The molecule has 1 saturated heterocycles. The van der Waals surface area contributed by atoms with Gasteiger partial charge in [0.25, 0.3) is 5.91 Å². The molecule has 1 heterocycles. The Morgan fingerprint density at radius 1 is 1.03 bits per heavy atom. The Balaban J connectivity index is 1.62. The normalized spacial score (nSPS) is 19.9. The summed E-state index contributed by atoms with van der Waals surface area (Å²) in [5.41, 5.74) is 5.39. The first-order valence-corrected chi connectivity index (χ1v) is 12.1. The Kier molecular flexibility index (Phi) is 7.19. The van der Waals surface area contributed by atoms with Crippen LogP contribution < -0.4 is 5.32 Å². The molecule has 2 unspecified atom stereocenters. The lowest BCUT2D eigenvalue weighted by Gasteiger charge is -2.34. The molecule has 0 spiro atoms. The van der Waals surface area contributed by atoms with Gasteiger partial charge >= 0.3 is 0 Å². The van der Waals surface area contributed by atoms with E-state index in [-0.39, 0.29) is 23.0 Å². The van der Waals surface area contributed by atoms with Gasteiger partial charge in [-0.25, -0.2) is 8.42 Å². The van der Waals surface area contributed by atoms with Crippen molar-refractivity contribution in [3.63, 3.8) is 0 Å². The standard InChI is InChI=1S/C24H32N2O4S/c1-16-12-17(2)23(18(3)13-16)10-11-25-24(27)21-6-8-22(9-7-21)31(28,29)26-14-19(4)30-20(5)15-26/h6-9,12-13,19-20H,10-11,14-15H2,1-5H3,(H,25,27). The number of amides is 1. The van der Waals surface area contributed by atoms with Crippen LogP contribution in [0.5, 0.6) is 0 Å². The molecule has 2 aromatic carbocycles. The molecular weight excluding hydrogens is 412 g/mol. The van der Waals surface area contributed by atoms with Gasteiger partial charge in [0.05, 0.1) is 17.1 Å². The fraction of sp³-hybridized carbons (Fsp3) is 0.458. The van der Waals surface area contributed by atoms with Crippen molar-refractivity contribution in [3.8, 4) is 0 Å². The van der Waals surface area contributed by atoms with Gasteiger partial charge in [0.15, 0.2) is 0 Å². The summed E-state index contributed by atoms with van der Waals surface area (Å²) in [6, 6.07) is 10.4. The maximum Gasteiger partial charge on any atom is 0.251 e. The van der Waals surface area contributed by atoms with Gasteiger partial charge in [-0.05, 0) is 82.0 Å². The molecule has 0 bridgehead atoms. The summed E-state index contributed by atoms with van der Waals surface area (Å²) in [4.78, 5) is 12.7. The third kappa shape index (κ3) is 5.53. The Morgan fingerprint density at radius 3 is 2.13 bits per heavy atom. The van der Waals surface area contributed by atoms with Crippen molar-refractivity contribution in [3.05, 3.63) is 64.2 Å². The molecule has 0 radical (unpaired) electrons. The van der Waals surface area contributed by atoms with Crippen LogP contribution in [0.25, 0.3) is 0 Å². The molecule has 6 nitrogen and oxygen atoms in total. The highest BCUT2D eigenvalue weighted by Gasteiger charge is 2.32. The van der Waals surface area contributed by atoms with E-state index in [2.05, 4.69) is 38.2 Å². The molecule has 31 heavy (non-hydrogen) atoms. The highest BCUT2D eigenvalue weighted by molar-refractivity contribution is 7.89. The topological polar surface area (TPSA) is 75.7 Å². The third-order valence-electron chi connectivity index (χ3n) is 5.64. The number of ether oxygens (including phenoxy) is 1. The predicted octanol–water partition coefficient (Wildman–Crippen LogP) is 3.38. The van der Waals surface area contributed by atoms with E-state index < -0.39 is 10.0 Å². The Bertz CT molecular complexity index is 1010. The number of sulfonamides is 1. The number of benzene rings is 2. The summed E-state index contributed by atoms with van der Waals surface area (Å²) in [7, 11) is -3.61. The number of carbonyl (C=O) groups excluding carboxylic acids is 1. The number of morpholine rings is 1. The monoisotopic (exact) mass is 444 g/mol. The van der Waals surface area contributed by atoms with Gasteiger partial charge in [-0.3, -0.25) is 4.79 Å². The van der Waals surface area contributed by atoms with Gasteiger partial charge in [0.2, 0.25) is 10.0 Å². The van der Waals surface area contributed by atoms with Crippen molar-refractivity contribution in [1.82, 2.24) is 9.62 Å². The fourth-order valence-electron chi connectivity index (χ4n) is 4.26. The van der Waals surface area contributed by atoms with Crippen LogP contribution in [0.1, 0.15) is 46.5 Å². The first-order valence-electron chi connectivity index (χ1n) is 10.7. The fourth-order valence-corrected chi connectivity index (χ4v) is 5.85. The van der Waals surface area contributed by atoms with E-state index in [1.807, 2.05) is 13.8 Å². The lowest BCUT2D eigenvalue weighted by molar-refractivity contribution is -0.0440. The van der Waals surface area contributed by atoms with Crippen LogP contribution in [0.3, 0.4) is 0 Å². The van der Waals surface area contributed by atoms with E-state index in [0.717, 1.165) is 6.42 Å². The van der Waals surface area contributed by atoms with E-state index in [9.17, 15) is 13.2 Å². The van der Waals surface area contributed by atoms with E-state index in [0.29, 0.717) is 25.2 Å². The number of carbonyl (C=O) groups is 1. The Hall–Kier alpha value is -2.22. The summed E-state index contributed by atoms with van der Waals surface area (Å²) >= 11 is 0. The van der Waals surface area contributed by atoms with Crippen molar-refractivity contribution < 1.29 is 17.9 Å². The molecular formula is C24H32N2O4S. The second-order valence-corrected chi connectivity index (χ2v) is 10.4. The summed E-state index contributed by atoms with van der Waals surface area (Å²) in [6.45, 7) is 11.2. The van der Waals surface area contributed by atoms with Crippen LogP contribution in [-0.4, -0.2) is 50.5 Å². The third-order valence-corrected chi connectivity index (χ3v) is 7.49. The van der Waals surface area contributed by atoms with Crippen molar-refractivity contribution in [1.29, 1.82) is 0 Å². The first-order chi connectivity index (χ1) is 14.6.